The van der Waals surface area contributed by atoms with Crippen LogP contribution < -0.4 is 5.32 Å². The highest BCUT2D eigenvalue weighted by Crippen LogP contribution is 2.19. The van der Waals surface area contributed by atoms with E-state index in [0.29, 0.717) is 28.7 Å². The lowest BCUT2D eigenvalue weighted by atomic mass is 10.1. The molecule has 1 amide bonds. The first kappa shape index (κ1) is 17.0. The van der Waals surface area contributed by atoms with Gasteiger partial charge in [0, 0.05) is 28.8 Å². The molecule has 1 atom stereocenters. The van der Waals surface area contributed by atoms with Crippen LogP contribution in [0.15, 0.2) is 30.3 Å². The summed E-state index contributed by atoms with van der Waals surface area (Å²) in [4.78, 5) is 21.6. The zero-order valence-corrected chi connectivity index (χ0v) is 15.5. The number of amides is 1. The van der Waals surface area contributed by atoms with Gasteiger partial charge in [-0.2, -0.15) is 5.10 Å². The van der Waals surface area contributed by atoms with Crippen molar-refractivity contribution < 1.29 is 4.79 Å². The van der Waals surface area contributed by atoms with Crippen LogP contribution >= 0.6 is 11.6 Å². The van der Waals surface area contributed by atoms with E-state index in [1.54, 1.807) is 12.1 Å². The number of fused-ring (bicyclic) bond motifs is 2. The van der Waals surface area contributed by atoms with Crippen molar-refractivity contribution in [1.29, 1.82) is 0 Å². The van der Waals surface area contributed by atoms with Gasteiger partial charge >= 0.3 is 0 Å². The topological polar surface area (TPSA) is 72.7 Å². The Morgan fingerprint density at radius 1 is 1.27 bits per heavy atom. The van der Waals surface area contributed by atoms with Crippen LogP contribution in [0.25, 0.3) is 10.9 Å². The van der Waals surface area contributed by atoms with Gasteiger partial charge < -0.3 is 5.32 Å². The first-order chi connectivity index (χ1) is 12.5. The summed E-state index contributed by atoms with van der Waals surface area (Å²) in [5.74, 6) is 1.98. The van der Waals surface area contributed by atoms with Gasteiger partial charge in [-0.3, -0.25) is 4.79 Å². The number of rotatable bonds is 3. The minimum atomic E-state index is -0.176. The molecule has 0 fully saturated rings. The number of nitrogens with one attached hydrogen (secondary N) is 1. The Morgan fingerprint density at radius 3 is 2.88 bits per heavy atom. The molecule has 0 radical (unpaired) electrons. The molecule has 1 aliphatic heterocycles. The van der Waals surface area contributed by atoms with Gasteiger partial charge in [0.05, 0.1) is 12.1 Å². The Balaban J connectivity index is 1.49. The van der Waals surface area contributed by atoms with E-state index in [-0.39, 0.29) is 11.9 Å². The monoisotopic (exact) mass is 369 g/mol. The second-order valence-corrected chi connectivity index (χ2v) is 7.40. The summed E-state index contributed by atoms with van der Waals surface area (Å²) >= 11 is 6.02. The van der Waals surface area contributed by atoms with Crippen molar-refractivity contribution in [1.82, 2.24) is 25.1 Å². The molecule has 4 rings (SSSR count). The third-order valence-corrected chi connectivity index (χ3v) is 4.85. The van der Waals surface area contributed by atoms with Gasteiger partial charge in [-0.15, -0.1) is 0 Å². The Hall–Kier alpha value is -2.47. The van der Waals surface area contributed by atoms with E-state index in [4.69, 9.17) is 11.6 Å². The number of benzene rings is 1. The molecular weight excluding hydrogens is 350 g/mol. The summed E-state index contributed by atoms with van der Waals surface area (Å²) < 4.78 is 1.91. The van der Waals surface area contributed by atoms with Crippen LogP contribution in [-0.4, -0.2) is 31.7 Å². The average Bonchev–Trinajstić information content (AvgIpc) is 3.04. The molecule has 1 N–H and O–H groups in total. The lowest BCUT2D eigenvalue weighted by Crippen LogP contribution is -2.41. The quantitative estimate of drug-likeness (QED) is 0.768. The first-order valence-corrected chi connectivity index (χ1v) is 9.18. The van der Waals surface area contributed by atoms with Crippen molar-refractivity contribution in [3.8, 4) is 0 Å². The van der Waals surface area contributed by atoms with Crippen LogP contribution in [0.3, 0.4) is 0 Å². The molecule has 0 saturated heterocycles. The molecule has 0 bridgehead atoms. The van der Waals surface area contributed by atoms with Gasteiger partial charge in [0.1, 0.15) is 11.5 Å². The molecule has 0 saturated carbocycles. The van der Waals surface area contributed by atoms with E-state index in [1.807, 2.05) is 22.9 Å². The maximum atomic E-state index is 12.6. The molecule has 134 valence electrons. The zero-order chi connectivity index (χ0) is 18.3. The lowest BCUT2D eigenvalue weighted by molar-refractivity contribution is 0.0921. The summed E-state index contributed by atoms with van der Waals surface area (Å²) in [5.41, 5.74) is 1.11. The number of nitrogens with zero attached hydrogens (tertiary/aromatic N) is 4. The van der Waals surface area contributed by atoms with Gasteiger partial charge in [-0.1, -0.05) is 37.6 Å². The van der Waals surface area contributed by atoms with Crippen LogP contribution in [0.1, 0.15) is 48.3 Å². The molecule has 2 aromatic heterocycles. The maximum absolute atomic E-state index is 12.6. The third kappa shape index (κ3) is 3.29. The maximum Gasteiger partial charge on any atom is 0.270 e. The molecule has 7 heteroatoms. The number of halogens is 1. The predicted octanol–water partition coefficient (Wildman–Crippen LogP) is 3.35. The number of pyridine rings is 1. The Morgan fingerprint density at radius 2 is 2.08 bits per heavy atom. The highest BCUT2D eigenvalue weighted by Gasteiger charge is 2.24. The smallest absolute Gasteiger partial charge is 0.270 e. The lowest BCUT2D eigenvalue weighted by Gasteiger charge is -2.23. The third-order valence-electron chi connectivity index (χ3n) is 4.61. The number of aromatic nitrogens is 4. The largest absolute Gasteiger partial charge is 0.346 e. The van der Waals surface area contributed by atoms with Crippen molar-refractivity contribution in [2.24, 2.45) is 0 Å². The van der Waals surface area contributed by atoms with Gasteiger partial charge in [0.2, 0.25) is 0 Å². The summed E-state index contributed by atoms with van der Waals surface area (Å²) in [5, 5.41) is 9.19. The summed E-state index contributed by atoms with van der Waals surface area (Å²) in [7, 11) is 0. The molecule has 0 spiro atoms. The zero-order valence-electron chi connectivity index (χ0n) is 14.7. The number of carbonyl (C=O) groups is 1. The van der Waals surface area contributed by atoms with Gasteiger partial charge in [-0.25, -0.2) is 14.6 Å². The minimum absolute atomic E-state index is 0.0218. The Labute approximate surface area is 156 Å². The predicted molar refractivity (Wildman–Crippen MR) is 100 cm³/mol. The SMILES string of the molecule is CC(C)c1nc2n(n1)CC(NC(=O)c1ccc3ccc(Cl)cc3n1)CC2. The fourth-order valence-electron chi connectivity index (χ4n) is 3.17. The van der Waals surface area contributed by atoms with E-state index in [1.165, 1.54) is 0 Å². The number of carbonyl (C=O) groups excluding carboxylic acids is 1. The second-order valence-electron chi connectivity index (χ2n) is 6.97. The van der Waals surface area contributed by atoms with Crippen LogP contribution in [0.4, 0.5) is 0 Å². The molecule has 1 aromatic carbocycles. The van der Waals surface area contributed by atoms with Crippen LogP contribution in [0.2, 0.25) is 5.02 Å². The highest BCUT2D eigenvalue weighted by molar-refractivity contribution is 6.31. The molecule has 3 aromatic rings. The summed E-state index contributed by atoms with van der Waals surface area (Å²) in [6.07, 6.45) is 1.66. The minimum Gasteiger partial charge on any atom is -0.346 e. The molecule has 6 nitrogen and oxygen atoms in total. The average molecular weight is 370 g/mol. The molecule has 3 heterocycles. The fraction of sp³-hybridized carbons (Fsp3) is 0.368. The van der Waals surface area contributed by atoms with E-state index < -0.39 is 0 Å². The highest BCUT2D eigenvalue weighted by atomic mass is 35.5. The summed E-state index contributed by atoms with van der Waals surface area (Å²) in [6.45, 7) is 4.80. The first-order valence-electron chi connectivity index (χ1n) is 8.80. The van der Waals surface area contributed by atoms with Crippen molar-refractivity contribution in [2.45, 2.75) is 45.2 Å². The van der Waals surface area contributed by atoms with Crippen LogP contribution in [0.5, 0.6) is 0 Å². The second kappa shape index (κ2) is 6.68. The van der Waals surface area contributed by atoms with Crippen molar-refractivity contribution >= 4 is 28.4 Å². The molecule has 1 unspecified atom stereocenters. The van der Waals surface area contributed by atoms with Gasteiger partial charge in [0.15, 0.2) is 5.82 Å². The molecular formula is C19H20ClN5O. The van der Waals surface area contributed by atoms with Crippen LogP contribution in [-0.2, 0) is 13.0 Å². The van der Waals surface area contributed by atoms with E-state index in [0.717, 1.165) is 29.9 Å². The van der Waals surface area contributed by atoms with Crippen LogP contribution in [0, 0.1) is 0 Å². The normalized spacial score (nSPS) is 16.7. The molecule has 1 aliphatic rings. The van der Waals surface area contributed by atoms with E-state index >= 15 is 0 Å². The van der Waals surface area contributed by atoms with Crippen molar-refractivity contribution in [2.75, 3.05) is 0 Å². The Bertz CT molecular complexity index is 981. The molecule has 26 heavy (non-hydrogen) atoms. The molecule has 0 aliphatic carbocycles. The fourth-order valence-corrected chi connectivity index (χ4v) is 3.33. The Kier molecular flexibility index (Phi) is 4.36. The van der Waals surface area contributed by atoms with E-state index in [9.17, 15) is 4.79 Å². The van der Waals surface area contributed by atoms with Gasteiger partial charge in [0.25, 0.3) is 5.91 Å². The van der Waals surface area contributed by atoms with Crippen molar-refractivity contribution in [3.63, 3.8) is 0 Å². The van der Waals surface area contributed by atoms with E-state index in [2.05, 4.69) is 34.2 Å². The van der Waals surface area contributed by atoms with Crippen molar-refractivity contribution in [3.05, 3.63) is 52.7 Å². The summed E-state index contributed by atoms with van der Waals surface area (Å²) in [6, 6.07) is 9.13. The number of hydrogen-bond donors (Lipinski definition) is 1. The number of aryl methyl sites for hydroxylation is 1. The number of hydrogen-bond acceptors (Lipinski definition) is 4. The van der Waals surface area contributed by atoms with Gasteiger partial charge in [-0.05, 0) is 24.6 Å². The standard InChI is InChI=1S/C19H20ClN5O/c1-11(2)18-23-17-8-6-14(10-25(17)24-18)21-19(26)15-7-4-12-3-5-13(20)9-16(12)22-15/h3-5,7,9,11,14H,6,8,10H2,1-2H3,(H,21,26).